The zero-order valence-electron chi connectivity index (χ0n) is 9.19. The molecule has 1 N–H and O–H groups in total. The minimum Gasteiger partial charge on any atom is -0.370 e. The van der Waals surface area contributed by atoms with Crippen molar-refractivity contribution in [2.45, 2.75) is 27.7 Å². The third-order valence-corrected chi connectivity index (χ3v) is 2.66. The van der Waals surface area contributed by atoms with Gasteiger partial charge < -0.3 is 5.32 Å². The van der Waals surface area contributed by atoms with E-state index in [0.717, 1.165) is 22.5 Å². The lowest BCUT2D eigenvalue weighted by atomic mass is 9.97. The van der Waals surface area contributed by atoms with E-state index in [-0.39, 0.29) is 5.41 Å². The molecule has 1 heterocycles. The largest absolute Gasteiger partial charge is 0.370 e. The average molecular weight is 257 g/mol. The Kier molecular flexibility index (Phi) is 3.53. The van der Waals surface area contributed by atoms with Crippen LogP contribution in [0.4, 0.5) is 5.82 Å². The van der Waals surface area contributed by atoms with E-state index in [9.17, 15) is 0 Å². The number of pyridine rings is 1. The van der Waals surface area contributed by atoms with E-state index in [0.29, 0.717) is 0 Å². The SMILES string of the molecule is Cc1nc(NCC(C)(C)C)ccc1Br. The number of hydrogen-bond acceptors (Lipinski definition) is 2. The molecule has 0 spiro atoms. The number of nitrogens with one attached hydrogen (secondary N) is 1. The lowest BCUT2D eigenvalue weighted by Crippen LogP contribution is -2.19. The van der Waals surface area contributed by atoms with Gasteiger partial charge in [0.2, 0.25) is 0 Å². The van der Waals surface area contributed by atoms with Gasteiger partial charge in [-0.15, -0.1) is 0 Å². The molecule has 0 aliphatic rings. The molecule has 0 fully saturated rings. The highest BCUT2D eigenvalue weighted by Crippen LogP contribution is 2.18. The first-order valence-electron chi connectivity index (χ1n) is 4.75. The molecule has 78 valence electrons. The predicted octanol–water partition coefficient (Wildman–Crippen LogP) is 3.61. The van der Waals surface area contributed by atoms with Crippen LogP contribution in [0.3, 0.4) is 0 Å². The second kappa shape index (κ2) is 4.30. The average Bonchev–Trinajstić information content (AvgIpc) is 2.06. The van der Waals surface area contributed by atoms with Gasteiger partial charge in [-0.3, -0.25) is 0 Å². The molecule has 0 amide bonds. The van der Waals surface area contributed by atoms with Crippen molar-refractivity contribution in [1.82, 2.24) is 4.98 Å². The number of aryl methyl sites for hydroxylation is 1. The van der Waals surface area contributed by atoms with Gasteiger partial charge in [0.05, 0.1) is 5.69 Å². The van der Waals surface area contributed by atoms with Gasteiger partial charge in [0, 0.05) is 11.0 Å². The Morgan fingerprint density at radius 1 is 1.36 bits per heavy atom. The van der Waals surface area contributed by atoms with Crippen molar-refractivity contribution in [3.63, 3.8) is 0 Å². The monoisotopic (exact) mass is 256 g/mol. The number of halogens is 1. The molecule has 0 bridgehead atoms. The van der Waals surface area contributed by atoms with E-state index >= 15 is 0 Å². The molecule has 3 heteroatoms. The Balaban J connectivity index is 2.65. The summed E-state index contributed by atoms with van der Waals surface area (Å²) >= 11 is 3.43. The van der Waals surface area contributed by atoms with Crippen LogP contribution in [0.25, 0.3) is 0 Å². The van der Waals surface area contributed by atoms with E-state index in [4.69, 9.17) is 0 Å². The first kappa shape index (κ1) is 11.5. The highest BCUT2D eigenvalue weighted by Gasteiger charge is 2.09. The Morgan fingerprint density at radius 2 is 2.00 bits per heavy atom. The van der Waals surface area contributed by atoms with Crippen molar-refractivity contribution >= 4 is 21.7 Å². The summed E-state index contributed by atoms with van der Waals surface area (Å²) < 4.78 is 1.05. The Hall–Kier alpha value is -0.570. The molecule has 1 rings (SSSR count). The van der Waals surface area contributed by atoms with Gasteiger partial charge in [-0.25, -0.2) is 4.98 Å². The fourth-order valence-corrected chi connectivity index (χ4v) is 1.22. The van der Waals surface area contributed by atoms with E-state index in [1.54, 1.807) is 0 Å². The second-order valence-electron chi connectivity index (χ2n) is 4.68. The van der Waals surface area contributed by atoms with E-state index < -0.39 is 0 Å². The standard InChI is InChI=1S/C11H17BrN2/c1-8-9(12)5-6-10(14-8)13-7-11(2,3)4/h5-6H,7H2,1-4H3,(H,13,14). The first-order valence-corrected chi connectivity index (χ1v) is 5.55. The molecule has 0 aliphatic heterocycles. The molecule has 0 unspecified atom stereocenters. The van der Waals surface area contributed by atoms with E-state index in [1.165, 1.54) is 0 Å². The van der Waals surface area contributed by atoms with Crippen LogP contribution in [-0.2, 0) is 0 Å². The normalized spacial score (nSPS) is 11.5. The molecule has 1 aromatic rings. The Labute approximate surface area is 94.3 Å². The van der Waals surface area contributed by atoms with E-state index in [1.807, 2.05) is 19.1 Å². The Morgan fingerprint density at radius 3 is 2.50 bits per heavy atom. The second-order valence-corrected chi connectivity index (χ2v) is 5.53. The van der Waals surface area contributed by atoms with Crippen LogP contribution >= 0.6 is 15.9 Å². The summed E-state index contributed by atoms with van der Waals surface area (Å²) in [5.74, 6) is 0.945. The number of aromatic nitrogens is 1. The van der Waals surface area contributed by atoms with E-state index in [2.05, 4.69) is 47.0 Å². The summed E-state index contributed by atoms with van der Waals surface area (Å²) in [6, 6.07) is 4.01. The molecular formula is C11H17BrN2. The van der Waals surface area contributed by atoms with Crippen LogP contribution in [0.2, 0.25) is 0 Å². The van der Waals surface area contributed by atoms with Gasteiger partial charge >= 0.3 is 0 Å². The summed E-state index contributed by atoms with van der Waals surface area (Å²) in [6.45, 7) is 9.52. The van der Waals surface area contributed by atoms with Crippen LogP contribution in [0.1, 0.15) is 26.5 Å². The van der Waals surface area contributed by atoms with Crippen LogP contribution in [0.15, 0.2) is 16.6 Å². The third-order valence-electron chi connectivity index (χ3n) is 1.82. The van der Waals surface area contributed by atoms with Crippen LogP contribution < -0.4 is 5.32 Å². The summed E-state index contributed by atoms with van der Waals surface area (Å²) in [7, 11) is 0. The maximum absolute atomic E-state index is 4.42. The minimum atomic E-state index is 0.280. The molecule has 0 atom stereocenters. The maximum atomic E-state index is 4.42. The van der Waals surface area contributed by atoms with Gasteiger partial charge in [-0.05, 0) is 40.4 Å². The number of rotatable bonds is 2. The lowest BCUT2D eigenvalue weighted by Gasteiger charge is -2.19. The smallest absolute Gasteiger partial charge is 0.126 e. The van der Waals surface area contributed by atoms with Gasteiger partial charge in [-0.1, -0.05) is 20.8 Å². The third kappa shape index (κ3) is 3.66. The van der Waals surface area contributed by atoms with Crippen molar-refractivity contribution in [2.75, 3.05) is 11.9 Å². The molecule has 2 nitrogen and oxygen atoms in total. The fraction of sp³-hybridized carbons (Fsp3) is 0.545. The lowest BCUT2D eigenvalue weighted by molar-refractivity contribution is 0.442. The topological polar surface area (TPSA) is 24.9 Å². The molecular weight excluding hydrogens is 240 g/mol. The van der Waals surface area contributed by atoms with Gasteiger partial charge in [-0.2, -0.15) is 0 Å². The van der Waals surface area contributed by atoms with Gasteiger partial charge in [0.1, 0.15) is 5.82 Å². The molecule has 14 heavy (non-hydrogen) atoms. The molecule has 0 radical (unpaired) electrons. The summed E-state index contributed by atoms with van der Waals surface area (Å²) in [5.41, 5.74) is 1.30. The highest BCUT2D eigenvalue weighted by molar-refractivity contribution is 9.10. The maximum Gasteiger partial charge on any atom is 0.126 e. The fourth-order valence-electron chi connectivity index (χ4n) is 0.998. The number of hydrogen-bond donors (Lipinski definition) is 1. The molecule has 0 saturated carbocycles. The zero-order valence-corrected chi connectivity index (χ0v) is 10.8. The van der Waals surface area contributed by atoms with Crippen molar-refractivity contribution < 1.29 is 0 Å². The van der Waals surface area contributed by atoms with Gasteiger partial charge in [0.15, 0.2) is 0 Å². The first-order chi connectivity index (χ1) is 6.38. The minimum absolute atomic E-state index is 0.280. The highest BCUT2D eigenvalue weighted by atomic mass is 79.9. The van der Waals surface area contributed by atoms with Crippen molar-refractivity contribution in [3.05, 3.63) is 22.3 Å². The van der Waals surface area contributed by atoms with Crippen molar-refractivity contribution in [1.29, 1.82) is 0 Å². The zero-order chi connectivity index (χ0) is 10.8. The molecule has 1 aromatic heterocycles. The summed E-state index contributed by atoms with van der Waals surface area (Å²) in [4.78, 5) is 4.42. The summed E-state index contributed by atoms with van der Waals surface area (Å²) in [5, 5.41) is 3.32. The summed E-state index contributed by atoms with van der Waals surface area (Å²) in [6.07, 6.45) is 0. The Bertz CT molecular complexity index is 316. The number of anilines is 1. The molecule has 0 saturated heterocycles. The molecule has 0 aliphatic carbocycles. The number of nitrogens with zero attached hydrogens (tertiary/aromatic N) is 1. The van der Waals surface area contributed by atoms with Crippen molar-refractivity contribution in [3.8, 4) is 0 Å². The van der Waals surface area contributed by atoms with Crippen LogP contribution in [-0.4, -0.2) is 11.5 Å². The van der Waals surface area contributed by atoms with Gasteiger partial charge in [0.25, 0.3) is 0 Å². The quantitative estimate of drug-likeness (QED) is 0.875. The predicted molar refractivity (Wildman–Crippen MR) is 64.6 cm³/mol. The molecule has 0 aromatic carbocycles. The van der Waals surface area contributed by atoms with Crippen LogP contribution in [0.5, 0.6) is 0 Å². The van der Waals surface area contributed by atoms with Crippen LogP contribution in [0, 0.1) is 12.3 Å². The van der Waals surface area contributed by atoms with Crippen molar-refractivity contribution in [2.24, 2.45) is 5.41 Å².